The molecule has 0 unspecified atom stereocenters. The second-order valence-corrected chi connectivity index (χ2v) is 4.28. The van der Waals surface area contributed by atoms with E-state index in [0.717, 1.165) is 0 Å². The van der Waals surface area contributed by atoms with E-state index in [-0.39, 0.29) is 5.91 Å². The zero-order valence-electron chi connectivity index (χ0n) is 8.76. The fourth-order valence-electron chi connectivity index (χ4n) is 1.35. The van der Waals surface area contributed by atoms with Gasteiger partial charge in [-0.2, -0.15) is 0 Å². The molecule has 0 radical (unpaired) electrons. The summed E-state index contributed by atoms with van der Waals surface area (Å²) in [6, 6.07) is 5.31. The molecule has 0 saturated heterocycles. The fraction of sp³-hybridized carbons (Fsp3) is 0.364. The second kappa shape index (κ2) is 5.52. The predicted octanol–water partition coefficient (Wildman–Crippen LogP) is 3.58. The maximum atomic E-state index is 12.0. The standard InChI is InChI=1S/C11H13BrClNO/c1-3-14(4-2)11(15)8-6-5-7-9(13)10(8)12/h5-7H,3-4H2,1-2H3. The van der Waals surface area contributed by atoms with E-state index in [1.54, 1.807) is 23.1 Å². The van der Waals surface area contributed by atoms with E-state index in [1.165, 1.54) is 0 Å². The highest BCUT2D eigenvalue weighted by Crippen LogP contribution is 2.26. The first-order valence-electron chi connectivity index (χ1n) is 4.85. The van der Waals surface area contributed by atoms with Crippen LogP contribution >= 0.6 is 27.5 Å². The van der Waals surface area contributed by atoms with Gasteiger partial charge >= 0.3 is 0 Å². The van der Waals surface area contributed by atoms with Crippen molar-refractivity contribution < 1.29 is 4.79 Å². The van der Waals surface area contributed by atoms with Gasteiger partial charge in [0.05, 0.1) is 10.6 Å². The van der Waals surface area contributed by atoms with Gasteiger partial charge in [0.15, 0.2) is 0 Å². The molecule has 0 fully saturated rings. The molecule has 0 aliphatic heterocycles. The van der Waals surface area contributed by atoms with E-state index in [1.807, 2.05) is 13.8 Å². The molecule has 1 rings (SSSR count). The molecule has 1 aromatic rings. The summed E-state index contributed by atoms with van der Waals surface area (Å²) in [4.78, 5) is 13.8. The van der Waals surface area contributed by atoms with Crippen LogP contribution in [0.5, 0.6) is 0 Å². The Hall–Kier alpha value is -0.540. The lowest BCUT2D eigenvalue weighted by molar-refractivity contribution is 0.0772. The Morgan fingerprint density at radius 3 is 2.53 bits per heavy atom. The van der Waals surface area contributed by atoms with Crippen LogP contribution in [0.3, 0.4) is 0 Å². The number of nitrogens with zero attached hydrogens (tertiary/aromatic N) is 1. The van der Waals surface area contributed by atoms with Crippen molar-refractivity contribution in [3.8, 4) is 0 Å². The summed E-state index contributed by atoms with van der Waals surface area (Å²) in [5.41, 5.74) is 0.617. The van der Waals surface area contributed by atoms with Crippen molar-refractivity contribution in [3.05, 3.63) is 33.3 Å². The van der Waals surface area contributed by atoms with Gasteiger partial charge < -0.3 is 4.90 Å². The summed E-state index contributed by atoms with van der Waals surface area (Å²) in [6.07, 6.45) is 0. The van der Waals surface area contributed by atoms with Crippen LogP contribution in [-0.4, -0.2) is 23.9 Å². The fourth-order valence-corrected chi connectivity index (χ4v) is 1.96. The van der Waals surface area contributed by atoms with Gasteiger partial charge in [-0.3, -0.25) is 4.79 Å². The molecule has 1 amide bonds. The monoisotopic (exact) mass is 289 g/mol. The molecule has 0 saturated carbocycles. The molecule has 0 heterocycles. The lowest BCUT2D eigenvalue weighted by Gasteiger charge is -2.19. The van der Waals surface area contributed by atoms with Gasteiger partial charge in [0, 0.05) is 17.6 Å². The number of halogens is 2. The molecule has 2 nitrogen and oxygen atoms in total. The third-order valence-corrected chi connectivity index (χ3v) is 3.63. The van der Waals surface area contributed by atoms with Crippen LogP contribution in [0, 0.1) is 0 Å². The largest absolute Gasteiger partial charge is 0.339 e. The SMILES string of the molecule is CCN(CC)C(=O)c1cccc(Cl)c1Br. The van der Waals surface area contributed by atoms with Gasteiger partial charge in [-0.15, -0.1) is 0 Å². The van der Waals surface area contributed by atoms with Gasteiger partial charge in [-0.1, -0.05) is 17.7 Å². The maximum Gasteiger partial charge on any atom is 0.255 e. The molecule has 1 aromatic carbocycles. The van der Waals surface area contributed by atoms with E-state index in [2.05, 4.69) is 15.9 Å². The molecule has 0 bridgehead atoms. The Kier molecular flexibility index (Phi) is 4.61. The number of rotatable bonds is 3. The lowest BCUT2D eigenvalue weighted by atomic mass is 10.2. The second-order valence-electron chi connectivity index (χ2n) is 3.08. The van der Waals surface area contributed by atoms with Crippen LogP contribution in [0.15, 0.2) is 22.7 Å². The molecule has 82 valence electrons. The Bertz CT molecular complexity index is 364. The minimum Gasteiger partial charge on any atom is -0.339 e. The van der Waals surface area contributed by atoms with Crippen molar-refractivity contribution in [2.24, 2.45) is 0 Å². The van der Waals surface area contributed by atoms with E-state index in [4.69, 9.17) is 11.6 Å². The molecule has 0 aliphatic rings. The van der Waals surface area contributed by atoms with Gasteiger partial charge in [0.2, 0.25) is 0 Å². The van der Waals surface area contributed by atoms with Crippen LogP contribution in [0.4, 0.5) is 0 Å². The Balaban J connectivity index is 3.05. The molecule has 15 heavy (non-hydrogen) atoms. The number of carbonyl (C=O) groups is 1. The smallest absolute Gasteiger partial charge is 0.255 e. The highest BCUT2D eigenvalue weighted by atomic mass is 79.9. The highest BCUT2D eigenvalue weighted by Gasteiger charge is 2.16. The van der Waals surface area contributed by atoms with Crippen molar-refractivity contribution in [2.45, 2.75) is 13.8 Å². The number of carbonyl (C=O) groups excluding carboxylic acids is 1. The van der Waals surface area contributed by atoms with Crippen LogP contribution < -0.4 is 0 Å². The quantitative estimate of drug-likeness (QED) is 0.833. The Morgan fingerprint density at radius 1 is 1.40 bits per heavy atom. The highest BCUT2D eigenvalue weighted by molar-refractivity contribution is 9.10. The van der Waals surface area contributed by atoms with E-state index in [0.29, 0.717) is 28.1 Å². The minimum absolute atomic E-state index is 0.00868. The minimum atomic E-state index is 0.00868. The van der Waals surface area contributed by atoms with Gasteiger partial charge in [0.1, 0.15) is 0 Å². The average molecular weight is 291 g/mol. The third kappa shape index (κ3) is 2.73. The zero-order chi connectivity index (χ0) is 11.4. The molecule has 0 atom stereocenters. The maximum absolute atomic E-state index is 12.0. The topological polar surface area (TPSA) is 20.3 Å². The van der Waals surface area contributed by atoms with Crippen molar-refractivity contribution in [1.82, 2.24) is 4.90 Å². The molecule has 4 heteroatoms. The van der Waals surface area contributed by atoms with Crippen LogP contribution in [-0.2, 0) is 0 Å². The van der Waals surface area contributed by atoms with Crippen molar-refractivity contribution in [2.75, 3.05) is 13.1 Å². The van der Waals surface area contributed by atoms with Crippen molar-refractivity contribution in [3.63, 3.8) is 0 Å². The zero-order valence-corrected chi connectivity index (χ0v) is 11.1. The first-order valence-corrected chi connectivity index (χ1v) is 6.02. The van der Waals surface area contributed by atoms with Gasteiger partial charge in [-0.25, -0.2) is 0 Å². The summed E-state index contributed by atoms with van der Waals surface area (Å²) >= 11 is 9.26. The number of hydrogen-bond acceptors (Lipinski definition) is 1. The van der Waals surface area contributed by atoms with Crippen molar-refractivity contribution >= 4 is 33.4 Å². The number of amides is 1. The summed E-state index contributed by atoms with van der Waals surface area (Å²) in [5.74, 6) is 0.00868. The average Bonchev–Trinajstić information content (AvgIpc) is 2.23. The van der Waals surface area contributed by atoms with Gasteiger partial charge in [0.25, 0.3) is 5.91 Å². The normalized spacial score (nSPS) is 10.1. The number of benzene rings is 1. The summed E-state index contributed by atoms with van der Waals surface area (Å²) in [5, 5.41) is 0.563. The molecule has 0 aromatic heterocycles. The van der Waals surface area contributed by atoms with Crippen LogP contribution in [0.1, 0.15) is 24.2 Å². The van der Waals surface area contributed by atoms with Crippen molar-refractivity contribution in [1.29, 1.82) is 0 Å². The summed E-state index contributed by atoms with van der Waals surface area (Å²) < 4.78 is 0.670. The van der Waals surface area contributed by atoms with E-state index >= 15 is 0 Å². The lowest BCUT2D eigenvalue weighted by Crippen LogP contribution is -2.30. The van der Waals surface area contributed by atoms with Crippen LogP contribution in [0.25, 0.3) is 0 Å². The Labute approximate surface area is 103 Å². The van der Waals surface area contributed by atoms with Crippen LogP contribution in [0.2, 0.25) is 5.02 Å². The predicted molar refractivity (Wildman–Crippen MR) is 66.4 cm³/mol. The molecule has 0 N–H and O–H groups in total. The van der Waals surface area contributed by atoms with E-state index < -0.39 is 0 Å². The van der Waals surface area contributed by atoms with Gasteiger partial charge in [-0.05, 0) is 41.9 Å². The summed E-state index contributed by atoms with van der Waals surface area (Å²) in [7, 11) is 0. The van der Waals surface area contributed by atoms with E-state index in [9.17, 15) is 4.79 Å². The molecule has 0 spiro atoms. The molecular formula is C11H13BrClNO. The molecule has 0 aliphatic carbocycles. The summed E-state index contributed by atoms with van der Waals surface area (Å²) in [6.45, 7) is 5.32. The Morgan fingerprint density at radius 2 is 2.00 bits per heavy atom. The molecular weight excluding hydrogens is 277 g/mol. The third-order valence-electron chi connectivity index (χ3n) is 2.23. The first kappa shape index (κ1) is 12.5. The first-order chi connectivity index (χ1) is 7.11. The number of hydrogen-bond donors (Lipinski definition) is 0.